The number of nitrogens with one attached hydrogen (secondary N) is 1. The van der Waals surface area contributed by atoms with Gasteiger partial charge in [0.05, 0.1) is 20.5 Å². The molecule has 0 fully saturated rings. The van der Waals surface area contributed by atoms with E-state index in [9.17, 15) is 4.79 Å². The van der Waals surface area contributed by atoms with Gasteiger partial charge in [-0.2, -0.15) is 0 Å². The molecule has 0 aliphatic heterocycles. The summed E-state index contributed by atoms with van der Waals surface area (Å²) in [6.07, 6.45) is 1.59. The van der Waals surface area contributed by atoms with Crippen molar-refractivity contribution in [1.82, 2.24) is 5.32 Å². The first-order chi connectivity index (χ1) is 12.2. The van der Waals surface area contributed by atoms with Crippen molar-refractivity contribution in [1.29, 1.82) is 0 Å². The molecule has 0 aliphatic carbocycles. The van der Waals surface area contributed by atoms with Gasteiger partial charge in [0.25, 0.3) is 5.91 Å². The van der Waals surface area contributed by atoms with Gasteiger partial charge >= 0.3 is 0 Å². The Morgan fingerprint density at radius 1 is 0.960 bits per heavy atom. The Balaban J connectivity index is 1.89. The van der Waals surface area contributed by atoms with Crippen LogP contribution < -0.4 is 14.8 Å². The summed E-state index contributed by atoms with van der Waals surface area (Å²) < 4.78 is 16.0. The lowest BCUT2D eigenvalue weighted by Crippen LogP contribution is -2.29. The van der Waals surface area contributed by atoms with E-state index >= 15 is 0 Å². The number of hydrogen-bond acceptors (Lipinski definition) is 4. The van der Waals surface area contributed by atoms with Crippen LogP contribution in [0.25, 0.3) is 0 Å². The molecule has 5 nitrogen and oxygen atoms in total. The van der Waals surface area contributed by atoms with Crippen molar-refractivity contribution in [2.24, 2.45) is 0 Å². The molecule has 128 valence electrons. The molecule has 1 N–H and O–H groups in total. The summed E-state index contributed by atoms with van der Waals surface area (Å²) in [5.74, 6) is 1.51. The van der Waals surface area contributed by atoms with Gasteiger partial charge in [-0.05, 0) is 35.9 Å². The maximum atomic E-state index is 12.7. The van der Waals surface area contributed by atoms with E-state index in [1.807, 2.05) is 36.4 Å². The summed E-state index contributed by atoms with van der Waals surface area (Å²) in [5.41, 5.74) is 1.41. The first-order valence-corrected chi connectivity index (χ1v) is 7.84. The largest absolute Gasteiger partial charge is 0.493 e. The molecule has 2 aromatic carbocycles. The van der Waals surface area contributed by atoms with Crippen molar-refractivity contribution in [2.45, 2.75) is 6.04 Å². The molecule has 1 aromatic heterocycles. The SMILES string of the molecule is COc1ccc(C(=O)NC(c2ccccc2)c2ccco2)cc1OC. The monoisotopic (exact) mass is 337 g/mol. The molecule has 3 rings (SSSR count). The van der Waals surface area contributed by atoms with Gasteiger partial charge in [0.15, 0.2) is 11.5 Å². The lowest BCUT2D eigenvalue weighted by Gasteiger charge is -2.18. The maximum Gasteiger partial charge on any atom is 0.252 e. The number of furan rings is 1. The van der Waals surface area contributed by atoms with Crippen LogP contribution in [0.2, 0.25) is 0 Å². The number of amides is 1. The molecule has 1 atom stereocenters. The predicted octanol–water partition coefficient (Wildman–Crippen LogP) is 3.82. The van der Waals surface area contributed by atoms with Gasteiger partial charge in [0, 0.05) is 5.56 Å². The van der Waals surface area contributed by atoms with Crippen molar-refractivity contribution in [3.05, 3.63) is 83.8 Å². The normalized spacial score (nSPS) is 11.6. The third-order valence-corrected chi connectivity index (χ3v) is 3.88. The second-order valence-electron chi connectivity index (χ2n) is 5.40. The van der Waals surface area contributed by atoms with Crippen molar-refractivity contribution < 1.29 is 18.7 Å². The topological polar surface area (TPSA) is 60.7 Å². The zero-order chi connectivity index (χ0) is 17.6. The molecule has 3 aromatic rings. The molecule has 0 saturated heterocycles. The fourth-order valence-corrected chi connectivity index (χ4v) is 2.61. The Morgan fingerprint density at radius 3 is 2.36 bits per heavy atom. The van der Waals surface area contributed by atoms with Crippen LogP contribution in [0.5, 0.6) is 11.5 Å². The molecule has 5 heteroatoms. The summed E-state index contributed by atoms with van der Waals surface area (Å²) in [5, 5.41) is 3.01. The quantitative estimate of drug-likeness (QED) is 0.743. The van der Waals surface area contributed by atoms with Crippen LogP contribution in [0.4, 0.5) is 0 Å². The Hall–Kier alpha value is -3.21. The molecule has 0 saturated carbocycles. The minimum atomic E-state index is -0.378. The number of carbonyl (C=O) groups excluding carboxylic acids is 1. The molecular weight excluding hydrogens is 318 g/mol. The second-order valence-corrected chi connectivity index (χ2v) is 5.40. The number of ether oxygens (including phenoxy) is 2. The minimum absolute atomic E-state index is 0.230. The van der Waals surface area contributed by atoms with Crippen LogP contribution in [0.15, 0.2) is 71.3 Å². The van der Waals surface area contributed by atoms with Crippen LogP contribution in [0.3, 0.4) is 0 Å². The van der Waals surface area contributed by atoms with Crippen molar-refractivity contribution in [3.63, 3.8) is 0 Å². The Kier molecular flexibility index (Phi) is 5.04. The summed E-state index contributed by atoms with van der Waals surface area (Å²) in [6.45, 7) is 0. The first-order valence-electron chi connectivity index (χ1n) is 7.84. The van der Waals surface area contributed by atoms with E-state index in [1.54, 1.807) is 37.6 Å². The van der Waals surface area contributed by atoms with E-state index in [2.05, 4.69) is 5.32 Å². The summed E-state index contributed by atoms with van der Waals surface area (Å²) in [4.78, 5) is 12.7. The van der Waals surface area contributed by atoms with Crippen LogP contribution in [-0.4, -0.2) is 20.1 Å². The number of carbonyl (C=O) groups is 1. The summed E-state index contributed by atoms with van der Waals surface area (Å²) in [6, 6.07) is 18.0. The molecule has 25 heavy (non-hydrogen) atoms. The smallest absolute Gasteiger partial charge is 0.252 e. The number of methoxy groups -OCH3 is 2. The van der Waals surface area contributed by atoms with E-state index in [1.165, 1.54) is 7.11 Å². The Bertz CT molecular complexity index is 828. The second kappa shape index (κ2) is 7.57. The van der Waals surface area contributed by atoms with Crippen LogP contribution in [0.1, 0.15) is 27.7 Å². The van der Waals surface area contributed by atoms with Crippen LogP contribution in [0, 0.1) is 0 Å². The molecule has 1 amide bonds. The van der Waals surface area contributed by atoms with Gasteiger partial charge in [0.1, 0.15) is 11.8 Å². The van der Waals surface area contributed by atoms with Gasteiger partial charge in [-0.1, -0.05) is 30.3 Å². The van der Waals surface area contributed by atoms with Crippen molar-refractivity contribution >= 4 is 5.91 Å². The fourth-order valence-electron chi connectivity index (χ4n) is 2.61. The van der Waals surface area contributed by atoms with E-state index in [4.69, 9.17) is 13.9 Å². The highest BCUT2D eigenvalue weighted by atomic mass is 16.5. The Morgan fingerprint density at radius 2 is 1.72 bits per heavy atom. The predicted molar refractivity (Wildman–Crippen MR) is 94.0 cm³/mol. The van der Waals surface area contributed by atoms with E-state index < -0.39 is 0 Å². The third kappa shape index (κ3) is 3.66. The highest BCUT2D eigenvalue weighted by Gasteiger charge is 2.20. The summed E-state index contributed by atoms with van der Waals surface area (Å²) in [7, 11) is 3.09. The molecule has 0 bridgehead atoms. The van der Waals surface area contributed by atoms with Gasteiger partial charge in [-0.15, -0.1) is 0 Å². The van der Waals surface area contributed by atoms with Crippen LogP contribution in [-0.2, 0) is 0 Å². The van der Waals surface area contributed by atoms with Gasteiger partial charge in [-0.25, -0.2) is 0 Å². The highest BCUT2D eigenvalue weighted by Crippen LogP contribution is 2.28. The number of rotatable bonds is 6. The lowest BCUT2D eigenvalue weighted by atomic mass is 10.0. The molecular formula is C20H19NO4. The number of benzene rings is 2. The fraction of sp³-hybridized carbons (Fsp3) is 0.150. The molecule has 1 heterocycles. The van der Waals surface area contributed by atoms with E-state index in [-0.39, 0.29) is 11.9 Å². The first kappa shape index (κ1) is 16.6. The van der Waals surface area contributed by atoms with Gasteiger partial charge in [-0.3, -0.25) is 4.79 Å². The molecule has 1 unspecified atom stereocenters. The Labute approximate surface area is 146 Å². The highest BCUT2D eigenvalue weighted by molar-refractivity contribution is 5.95. The molecule has 0 aliphatic rings. The third-order valence-electron chi connectivity index (χ3n) is 3.88. The average molecular weight is 337 g/mol. The number of hydrogen-bond donors (Lipinski definition) is 1. The van der Waals surface area contributed by atoms with Crippen LogP contribution >= 0.6 is 0 Å². The maximum absolute atomic E-state index is 12.7. The van der Waals surface area contributed by atoms with E-state index in [0.717, 1.165) is 5.56 Å². The molecule has 0 spiro atoms. The molecule has 0 radical (unpaired) electrons. The van der Waals surface area contributed by atoms with Crippen molar-refractivity contribution in [2.75, 3.05) is 14.2 Å². The zero-order valence-corrected chi connectivity index (χ0v) is 14.1. The standard InChI is InChI=1S/C20H19NO4/c1-23-16-11-10-15(13-18(16)24-2)20(22)21-19(17-9-6-12-25-17)14-7-4-3-5-8-14/h3-13,19H,1-2H3,(H,21,22). The minimum Gasteiger partial charge on any atom is -0.493 e. The van der Waals surface area contributed by atoms with Gasteiger partial charge < -0.3 is 19.2 Å². The van der Waals surface area contributed by atoms with Crippen molar-refractivity contribution in [3.8, 4) is 11.5 Å². The summed E-state index contributed by atoms with van der Waals surface area (Å²) >= 11 is 0. The van der Waals surface area contributed by atoms with E-state index in [0.29, 0.717) is 22.8 Å². The average Bonchev–Trinajstić information content (AvgIpc) is 3.20. The lowest BCUT2D eigenvalue weighted by molar-refractivity contribution is 0.0938. The van der Waals surface area contributed by atoms with Gasteiger partial charge in [0.2, 0.25) is 0 Å². The zero-order valence-electron chi connectivity index (χ0n) is 14.1.